The molecule has 1 aromatic carbocycles. The second-order valence-electron chi connectivity index (χ2n) is 7.44. The van der Waals surface area contributed by atoms with E-state index in [2.05, 4.69) is 0 Å². The molecular formula is C25H30N2O3S2. The zero-order chi connectivity index (χ0) is 22.6. The topological polar surface area (TPSA) is 49.9 Å². The van der Waals surface area contributed by atoms with Gasteiger partial charge in [-0.3, -0.25) is 9.59 Å². The number of amides is 2. The minimum Gasteiger partial charge on any atom is -0.382 e. The Balaban J connectivity index is 1.70. The maximum atomic E-state index is 13.4. The van der Waals surface area contributed by atoms with E-state index in [9.17, 15) is 9.59 Å². The maximum absolute atomic E-state index is 13.4. The summed E-state index contributed by atoms with van der Waals surface area (Å²) < 4.78 is 5.44. The molecule has 3 aromatic rings. The molecule has 0 bridgehead atoms. The van der Waals surface area contributed by atoms with Gasteiger partial charge in [-0.05, 0) is 41.8 Å². The Morgan fingerprint density at radius 2 is 1.56 bits per heavy atom. The molecule has 0 aliphatic heterocycles. The van der Waals surface area contributed by atoms with Gasteiger partial charge >= 0.3 is 0 Å². The Morgan fingerprint density at radius 3 is 2.22 bits per heavy atom. The predicted molar refractivity (Wildman–Crippen MR) is 131 cm³/mol. The number of rotatable bonds is 13. The van der Waals surface area contributed by atoms with Crippen LogP contribution in [0.5, 0.6) is 0 Å². The molecule has 2 heterocycles. The SMILES string of the molecule is CCOCCCN(CC(=O)N(Cc1ccccc1)Cc1cccs1)C(=O)Cc1cccs1. The first-order chi connectivity index (χ1) is 15.7. The van der Waals surface area contributed by atoms with Gasteiger partial charge < -0.3 is 14.5 Å². The third-order valence-electron chi connectivity index (χ3n) is 5.00. The van der Waals surface area contributed by atoms with Gasteiger partial charge in [0, 0.05) is 36.1 Å². The molecule has 7 heteroatoms. The number of thiophene rings is 2. The highest BCUT2D eigenvalue weighted by atomic mass is 32.1. The maximum Gasteiger partial charge on any atom is 0.242 e. The van der Waals surface area contributed by atoms with Crippen molar-refractivity contribution >= 4 is 34.5 Å². The number of benzene rings is 1. The average Bonchev–Trinajstić information content (AvgIpc) is 3.50. The number of carbonyl (C=O) groups excluding carboxylic acids is 2. The summed E-state index contributed by atoms with van der Waals surface area (Å²) in [6.07, 6.45) is 1.03. The summed E-state index contributed by atoms with van der Waals surface area (Å²) in [7, 11) is 0. The van der Waals surface area contributed by atoms with E-state index < -0.39 is 0 Å². The minimum absolute atomic E-state index is 0.0203. The molecule has 0 aliphatic rings. The largest absolute Gasteiger partial charge is 0.382 e. The molecule has 0 saturated carbocycles. The van der Waals surface area contributed by atoms with E-state index >= 15 is 0 Å². The number of hydrogen-bond donors (Lipinski definition) is 0. The number of nitrogens with zero attached hydrogens (tertiary/aromatic N) is 2. The van der Waals surface area contributed by atoms with E-state index in [-0.39, 0.29) is 18.4 Å². The van der Waals surface area contributed by atoms with Crippen molar-refractivity contribution in [3.63, 3.8) is 0 Å². The normalized spacial score (nSPS) is 10.8. The van der Waals surface area contributed by atoms with Gasteiger partial charge in [0.2, 0.25) is 11.8 Å². The average molecular weight is 471 g/mol. The summed E-state index contributed by atoms with van der Waals surface area (Å²) in [5.41, 5.74) is 1.07. The van der Waals surface area contributed by atoms with Gasteiger partial charge in [-0.15, -0.1) is 22.7 Å². The van der Waals surface area contributed by atoms with E-state index in [0.29, 0.717) is 45.7 Å². The molecule has 0 N–H and O–H groups in total. The van der Waals surface area contributed by atoms with Gasteiger partial charge in [-0.25, -0.2) is 0 Å². The van der Waals surface area contributed by atoms with Gasteiger partial charge in [-0.2, -0.15) is 0 Å². The smallest absolute Gasteiger partial charge is 0.242 e. The van der Waals surface area contributed by atoms with E-state index in [4.69, 9.17) is 4.74 Å². The second kappa shape index (κ2) is 13.2. The highest BCUT2D eigenvalue weighted by molar-refractivity contribution is 7.10. The summed E-state index contributed by atoms with van der Waals surface area (Å²) in [5, 5.41) is 3.99. The molecule has 2 aromatic heterocycles. The molecule has 0 aliphatic carbocycles. The van der Waals surface area contributed by atoms with Crippen molar-refractivity contribution in [3.8, 4) is 0 Å². The standard InChI is InChI=1S/C25H30N2O3S2/c1-2-30-14-8-13-26(24(28)17-22-11-6-15-31-22)20-25(29)27(19-23-12-7-16-32-23)18-21-9-4-3-5-10-21/h3-7,9-12,15-16H,2,8,13-14,17-20H2,1H3. The fourth-order valence-corrected chi connectivity index (χ4v) is 4.77. The van der Waals surface area contributed by atoms with E-state index in [1.165, 1.54) is 0 Å². The van der Waals surface area contributed by atoms with Crippen molar-refractivity contribution in [2.24, 2.45) is 0 Å². The Morgan fingerprint density at radius 1 is 0.844 bits per heavy atom. The molecule has 2 amide bonds. The summed E-state index contributed by atoms with van der Waals surface area (Å²) in [4.78, 5) is 32.1. The van der Waals surface area contributed by atoms with Gasteiger partial charge in [0.15, 0.2) is 0 Å². The molecule has 0 atom stereocenters. The van der Waals surface area contributed by atoms with Crippen LogP contribution in [0.3, 0.4) is 0 Å². The van der Waals surface area contributed by atoms with Crippen LogP contribution in [0.15, 0.2) is 65.4 Å². The molecule has 5 nitrogen and oxygen atoms in total. The minimum atomic E-state index is -0.0433. The predicted octanol–water partition coefficient (Wildman–Crippen LogP) is 4.84. The first-order valence-corrected chi connectivity index (χ1v) is 12.6. The first kappa shape index (κ1) is 24.2. The lowest BCUT2D eigenvalue weighted by Gasteiger charge is -2.28. The van der Waals surface area contributed by atoms with Gasteiger partial charge in [0.05, 0.1) is 19.5 Å². The van der Waals surface area contributed by atoms with Crippen LogP contribution in [0, 0.1) is 0 Å². The lowest BCUT2D eigenvalue weighted by molar-refractivity contribution is -0.141. The van der Waals surface area contributed by atoms with Crippen LogP contribution in [0.25, 0.3) is 0 Å². The molecule has 170 valence electrons. The van der Waals surface area contributed by atoms with Crippen molar-refractivity contribution in [1.82, 2.24) is 9.80 Å². The fourth-order valence-electron chi connectivity index (χ4n) is 3.36. The van der Waals surface area contributed by atoms with Crippen LogP contribution < -0.4 is 0 Å². The summed E-state index contributed by atoms with van der Waals surface area (Å²) in [6, 6.07) is 17.9. The van der Waals surface area contributed by atoms with Crippen LogP contribution in [0.1, 0.15) is 28.7 Å². The van der Waals surface area contributed by atoms with Crippen molar-refractivity contribution in [2.45, 2.75) is 32.9 Å². The summed E-state index contributed by atoms with van der Waals surface area (Å²) in [5.74, 6) is -0.0636. The third kappa shape index (κ3) is 7.89. The lowest BCUT2D eigenvalue weighted by atomic mass is 10.2. The zero-order valence-corrected chi connectivity index (χ0v) is 20.1. The van der Waals surface area contributed by atoms with Crippen LogP contribution in [0.4, 0.5) is 0 Å². The van der Waals surface area contributed by atoms with Crippen molar-refractivity contribution in [2.75, 3.05) is 26.3 Å². The fraction of sp³-hybridized carbons (Fsp3) is 0.360. The third-order valence-corrected chi connectivity index (χ3v) is 6.74. The van der Waals surface area contributed by atoms with E-state index in [1.807, 2.05) is 77.2 Å². The molecule has 0 radical (unpaired) electrons. The Bertz CT molecular complexity index is 928. The molecule has 3 rings (SSSR count). The van der Waals surface area contributed by atoms with Gasteiger partial charge in [0.25, 0.3) is 0 Å². The highest BCUT2D eigenvalue weighted by Crippen LogP contribution is 2.16. The molecule has 32 heavy (non-hydrogen) atoms. The molecular weight excluding hydrogens is 440 g/mol. The summed E-state index contributed by atoms with van der Waals surface area (Å²) >= 11 is 3.20. The van der Waals surface area contributed by atoms with Crippen molar-refractivity contribution in [1.29, 1.82) is 0 Å². The van der Waals surface area contributed by atoms with Crippen LogP contribution in [-0.4, -0.2) is 47.9 Å². The number of carbonyl (C=O) groups is 2. The van der Waals surface area contributed by atoms with Crippen LogP contribution in [0.2, 0.25) is 0 Å². The Hall–Kier alpha value is -2.48. The highest BCUT2D eigenvalue weighted by Gasteiger charge is 2.22. The molecule has 0 fully saturated rings. The second-order valence-corrected chi connectivity index (χ2v) is 9.50. The van der Waals surface area contributed by atoms with Crippen LogP contribution in [-0.2, 0) is 33.8 Å². The zero-order valence-electron chi connectivity index (χ0n) is 18.4. The van der Waals surface area contributed by atoms with Crippen LogP contribution >= 0.6 is 22.7 Å². The first-order valence-electron chi connectivity index (χ1n) is 10.9. The molecule has 0 unspecified atom stereocenters. The summed E-state index contributed by atoms with van der Waals surface area (Å²) in [6.45, 7) is 4.82. The number of ether oxygens (including phenoxy) is 1. The molecule has 0 spiro atoms. The monoisotopic (exact) mass is 470 g/mol. The Kier molecular flexibility index (Phi) is 9.94. The quantitative estimate of drug-likeness (QED) is 0.336. The number of hydrogen-bond acceptors (Lipinski definition) is 5. The van der Waals surface area contributed by atoms with Crippen molar-refractivity contribution < 1.29 is 14.3 Å². The Labute approximate surface area is 198 Å². The lowest BCUT2D eigenvalue weighted by Crippen LogP contribution is -2.43. The van der Waals surface area contributed by atoms with Gasteiger partial charge in [-0.1, -0.05) is 42.5 Å². The van der Waals surface area contributed by atoms with E-state index in [1.54, 1.807) is 27.6 Å². The molecule has 0 saturated heterocycles. The van der Waals surface area contributed by atoms with E-state index in [0.717, 1.165) is 15.3 Å². The van der Waals surface area contributed by atoms with Gasteiger partial charge in [0.1, 0.15) is 0 Å². The van der Waals surface area contributed by atoms with Crippen molar-refractivity contribution in [3.05, 3.63) is 80.7 Å².